The number of hydrogen-bond donors (Lipinski definition) is 1. The Balaban J connectivity index is 1.56. The molecule has 0 amide bonds. The zero-order valence-corrected chi connectivity index (χ0v) is 21.6. The van der Waals surface area contributed by atoms with E-state index in [1.165, 1.54) is 5.56 Å². The summed E-state index contributed by atoms with van der Waals surface area (Å²) in [6.07, 6.45) is 5.52. The van der Waals surface area contributed by atoms with Crippen molar-refractivity contribution < 1.29 is 14.2 Å². The average Bonchev–Trinajstić information content (AvgIpc) is 2.94. The third-order valence-corrected chi connectivity index (χ3v) is 7.43. The number of ether oxygens (including phenoxy) is 3. The zero-order valence-electron chi connectivity index (χ0n) is 21.6. The smallest absolute Gasteiger partial charge is 0.142 e. The molecule has 0 radical (unpaired) electrons. The summed E-state index contributed by atoms with van der Waals surface area (Å²) in [7, 11) is 1.69. The average molecular weight is 487 g/mol. The van der Waals surface area contributed by atoms with Crippen molar-refractivity contribution in [1.82, 2.24) is 0 Å². The van der Waals surface area contributed by atoms with Gasteiger partial charge in [-0.05, 0) is 48.2 Å². The SMILES string of the molecule is CCC(CC)(CN1c2ccccc2OCC1c1ccc(OC)cc1)C(N)OCC=Cc1ccccc1. The lowest BCUT2D eigenvalue weighted by atomic mass is 9.79. The van der Waals surface area contributed by atoms with Crippen LogP contribution in [0.5, 0.6) is 11.5 Å². The quantitative estimate of drug-likeness (QED) is 0.315. The molecule has 0 saturated heterocycles. The topological polar surface area (TPSA) is 57.0 Å². The highest BCUT2D eigenvalue weighted by molar-refractivity contribution is 5.62. The normalized spacial score (nSPS) is 16.4. The number of methoxy groups -OCH3 is 1. The Hall–Kier alpha value is -3.28. The van der Waals surface area contributed by atoms with Crippen LogP contribution in [0.15, 0.2) is 84.9 Å². The molecule has 0 spiro atoms. The van der Waals surface area contributed by atoms with Crippen LogP contribution in [0, 0.1) is 5.41 Å². The standard InChI is InChI=1S/C31H38N2O3/c1-4-31(5-2,30(32)35-21-11-14-24-12-7-6-8-13-24)23-33-27-15-9-10-16-29(27)36-22-28(33)25-17-19-26(34-3)20-18-25/h6-20,28,30H,4-5,21-23,32H2,1-3H3. The second-order valence-electron chi connectivity index (χ2n) is 9.33. The lowest BCUT2D eigenvalue weighted by Gasteiger charge is -2.46. The molecule has 1 heterocycles. The van der Waals surface area contributed by atoms with Gasteiger partial charge in [0.05, 0.1) is 25.4 Å². The fourth-order valence-corrected chi connectivity index (χ4v) is 4.93. The highest BCUT2D eigenvalue weighted by Crippen LogP contribution is 2.43. The number of hydrogen-bond acceptors (Lipinski definition) is 5. The van der Waals surface area contributed by atoms with Gasteiger partial charge in [0, 0.05) is 12.0 Å². The molecule has 1 aliphatic heterocycles. The van der Waals surface area contributed by atoms with E-state index in [0.717, 1.165) is 42.1 Å². The number of para-hydroxylation sites is 2. The van der Waals surface area contributed by atoms with Crippen LogP contribution in [-0.2, 0) is 4.74 Å². The first-order valence-corrected chi connectivity index (χ1v) is 12.8. The van der Waals surface area contributed by atoms with Crippen molar-refractivity contribution in [1.29, 1.82) is 0 Å². The number of fused-ring (bicyclic) bond motifs is 1. The molecule has 5 heteroatoms. The second kappa shape index (κ2) is 12.1. The number of anilines is 1. The maximum absolute atomic E-state index is 6.78. The van der Waals surface area contributed by atoms with Gasteiger partial charge >= 0.3 is 0 Å². The third-order valence-electron chi connectivity index (χ3n) is 7.43. The van der Waals surface area contributed by atoms with E-state index in [-0.39, 0.29) is 11.5 Å². The summed E-state index contributed by atoms with van der Waals surface area (Å²) in [5.74, 6) is 1.75. The summed E-state index contributed by atoms with van der Waals surface area (Å²) in [6, 6.07) is 26.8. The number of rotatable bonds is 11. The van der Waals surface area contributed by atoms with Gasteiger partial charge in [0.2, 0.25) is 0 Å². The molecule has 0 bridgehead atoms. The summed E-state index contributed by atoms with van der Waals surface area (Å²) >= 11 is 0. The fraction of sp³-hybridized carbons (Fsp3) is 0.355. The van der Waals surface area contributed by atoms with Gasteiger partial charge in [-0.3, -0.25) is 0 Å². The first kappa shape index (κ1) is 25.8. The van der Waals surface area contributed by atoms with Crippen LogP contribution in [0.25, 0.3) is 6.08 Å². The lowest BCUT2D eigenvalue weighted by molar-refractivity contribution is -0.0284. The van der Waals surface area contributed by atoms with E-state index in [4.69, 9.17) is 19.9 Å². The molecular weight excluding hydrogens is 448 g/mol. The summed E-state index contributed by atoms with van der Waals surface area (Å²) in [6.45, 7) is 6.23. The molecule has 5 nitrogen and oxygen atoms in total. The monoisotopic (exact) mass is 486 g/mol. The molecule has 0 fully saturated rings. The predicted octanol–water partition coefficient (Wildman–Crippen LogP) is 6.46. The van der Waals surface area contributed by atoms with E-state index in [0.29, 0.717) is 13.2 Å². The lowest BCUT2D eigenvalue weighted by Crippen LogP contribution is -2.52. The van der Waals surface area contributed by atoms with Crippen molar-refractivity contribution in [3.8, 4) is 11.5 Å². The van der Waals surface area contributed by atoms with Gasteiger partial charge in [-0.15, -0.1) is 0 Å². The van der Waals surface area contributed by atoms with Crippen LogP contribution in [0.1, 0.15) is 43.9 Å². The maximum Gasteiger partial charge on any atom is 0.142 e. The predicted molar refractivity (Wildman–Crippen MR) is 147 cm³/mol. The molecule has 0 saturated carbocycles. The van der Waals surface area contributed by atoms with Crippen molar-refractivity contribution in [2.24, 2.45) is 11.1 Å². The van der Waals surface area contributed by atoms with Crippen LogP contribution in [0.4, 0.5) is 5.69 Å². The molecule has 3 aromatic carbocycles. The van der Waals surface area contributed by atoms with Crippen LogP contribution in [0.2, 0.25) is 0 Å². The van der Waals surface area contributed by atoms with E-state index >= 15 is 0 Å². The Morgan fingerprint density at radius 1 is 1.00 bits per heavy atom. The largest absolute Gasteiger partial charge is 0.497 e. The first-order valence-electron chi connectivity index (χ1n) is 12.8. The Labute approximate surface area is 215 Å². The summed E-state index contributed by atoms with van der Waals surface area (Å²) in [5, 5.41) is 0. The number of benzene rings is 3. The van der Waals surface area contributed by atoms with E-state index in [1.54, 1.807) is 7.11 Å². The van der Waals surface area contributed by atoms with Crippen LogP contribution >= 0.6 is 0 Å². The van der Waals surface area contributed by atoms with Gasteiger partial charge in [0.15, 0.2) is 0 Å². The second-order valence-corrected chi connectivity index (χ2v) is 9.33. The maximum atomic E-state index is 6.78. The van der Waals surface area contributed by atoms with Crippen LogP contribution in [0.3, 0.4) is 0 Å². The molecular formula is C31H38N2O3. The minimum Gasteiger partial charge on any atom is -0.497 e. The van der Waals surface area contributed by atoms with E-state index < -0.39 is 6.23 Å². The van der Waals surface area contributed by atoms with E-state index in [9.17, 15) is 0 Å². The fourth-order valence-electron chi connectivity index (χ4n) is 4.93. The Kier molecular flexibility index (Phi) is 8.68. The van der Waals surface area contributed by atoms with Gasteiger partial charge in [0.1, 0.15) is 24.3 Å². The Bertz CT molecular complexity index is 1110. The van der Waals surface area contributed by atoms with Crippen molar-refractivity contribution in [3.63, 3.8) is 0 Å². The van der Waals surface area contributed by atoms with Crippen LogP contribution < -0.4 is 20.1 Å². The van der Waals surface area contributed by atoms with Gasteiger partial charge in [-0.2, -0.15) is 0 Å². The third kappa shape index (κ3) is 5.75. The Morgan fingerprint density at radius 3 is 2.39 bits per heavy atom. The van der Waals surface area contributed by atoms with Crippen LogP contribution in [-0.4, -0.2) is 33.1 Å². The molecule has 0 aliphatic carbocycles. The van der Waals surface area contributed by atoms with Crippen molar-refractivity contribution in [3.05, 3.63) is 96.1 Å². The molecule has 4 rings (SSSR count). The van der Waals surface area contributed by atoms with Crippen molar-refractivity contribution in [2.45, 2.75) is 39.0 Å². The minimum absolute atomic E-state index is 0.0634. The molecule has 3 aromatic rings. The summed E-state index contributed by atoms with van der Waals surface area (Å²) < 4.78 is 17.8. The molecule has 1 aliphatic rings. The van der Waals surface area contributed by atoms with Gasteiger partial charge in [-0.25, -0.2) is 0 Å². The minimum atomic E-state index is -0.403. The Morgan fingerprint density at radius 2 is 1.69 bits per heavy atom. The molecule has 190 valence electrons. The molecule has 2 unspecified atom stereocenters. The summed E-state index contributed by atoms with van der Waals surface area (Å²) in [5.41, 5.74) is 9.98. The zero-order chi connectivity index (χ0) is 25.4. The molecule has 36 heavy (non-hydrogen) atoms. The number of nitrogens with two attached hydrogens (primary N) is 1. The van der Waals surface area contributed by atoms with Gasteiger partial charge in [0.25, 0.3) is 0 Å². The highest BCUT2D eigenvalue weighted by Gasteiger charge is 2.40. The van der Waals surface area contributed by atoms with E-state index in [2.05, 4.69) is 61.2 Å². The number of nitrogens with zero attached hydrogens (tertiary/aromatic N) is 1. The van der Waals surface area contributed by atoms with E-state index in [1.807, 2.05) is 48.5 Å². The van der Waals surface area contributed by atoms with Crippen molar-refractivity contribution in [2.75, 3.05) is 31.8 Å². The van der Waals surface area contributed by atoms with Gasteiger partial charge in [-0.1, -0.05) is 80.6 Å². The summed E-state index contributed by atoms with van der Waals surface area (Å²) in [4.78, 5) is 2.46. The van der Waals surface area contributed by atoms with Gasteiger partial charge < -0.3 is 24.8 Å². The highest BCUT2D eigenvalue weighted by atomic mass is 16.5. The molecule has 0 aromatic heterocycles. The molecule has 2 N–H and O–H groups in total. The van der Waals surface area contributed by atoms with Crippen molar-refractivity contribution >= 4 is 11.8 Å². The molecule has 2 atom stereocenters. The first-order chi connectivity index (χ1) is 17.6.